The van der Waals surface area contributed by atoms with E-state index in [2.05, 4.69) is 5.16 Å². The number of amides is 2. The highest BCUT2D eigenvalue weighted by molar-refractivity contribution is 6.00. The van der Waals surface area contributed by atoms with Gasteiger partial charge in [-0.1, -0.05) is 36.3 Å². The van der Waals surface area contributed by atoms with Crippen LogP contribution in [-0.2, 0) is 21.0 Å². The van der Waals surface area contributed by atoms with Gasteiger partial charge in [-0.25, -0.2) is 0 Å². The van der Waals surface area contributed by atoms with Crippen LogP contribution in [0.2, 0.25) is 0 Å². The number of oxime groups is 1. The molecule has 2 aromatic rings. The Morgan fingerprint density at radius 1 is 0.970 bits per heavy atom. The second-order valence-electron chi connectivity index (χ2n) is 7.82. The van der Waals surface area contributed by atoms with E-state index in [0.717, 1.165) is 23.3 Å². The molecule has 0 bridgehead atoms. The minimum Gasteiger partial charge on any atom is -0.484 e. The number of ether oxygens (including phenoxy) is 1. The van der Waals surface area contributed by atoms with Crippen molar-refractivity contribution < 1.29 is 24.3 Å². The summed E-state index contributed by atoms with van der Waals surface area (Å²) in [5, 5.41) is 13.2. The molecule has 0 aromatic heterocycles. The predicted molar refractivity (Wildman–Crippen MR) is 125 cm³/mol. The largest absolute Gasteiger partial charge is 0.484 e. The lowest BCUT2D eigenvalue weighted by Crippen LogP contribution is -2.52. The third-order valence-corrected chi connectivity index (χ3v) is 5.66. The average molecular weight is 454 g/mol. The molecule has 0 radical (unpaired) electrons. The summed E-state index contributed by atoms with van der Waals surface area (Å²) in [5.74, 6) is 0.155. The zero-order valence-electron chi connectivity index (χ0n) is 19.2. The van der Waals surface area contributed by atoms with Gasteiger partial charge in [0.2, 0.25) is 5.91 Å². The lowest BCUT2D eigenvalue weighted by molar-refractivity contribution is -0.142. The zero-order valence-corrected chi connectivity index (χ0v) is 19.2. The highest BCUT2D eigenvalue weighted by Crippen LogP contribution is 2.15. The minimum absolute atomic E-state index is 0.0679. The molecule has 1 aliphatic rings. The Balaban J connectivity index is 1.48. The van der Waals surface area contributed by atoms with Crippen molar-refractivity contribution in [2.45, 2.75) is 26.9 Å². The second-order valence-corrected chi connectivity index (χ2v) is 7.82. The number of carbonyl (C=O) groups is 2. The Kier molecular flexibility index (Phi) is 8.83. The quantitative estimate of drug-likeness (QED) is 0.465. The van der Waals surface area contributed by atoms with E-state index in [1.165, 1.54) is 5.56 Å². The van der Waals surface area contributed by atoms with Crippen molar-refractivity contribution in [1.82, 2.24) is 9.80 Å². The molecule has 1 N–H and O–H groups in total. The molecular formula is C25H31N3O5. The Hall–Kier alpha value is -3.39. The van der Waals surface area contributed by atoms with Gasteiger partial charge in [0.15, 0.2) is 6.61 Å². The van der Waals surface area contributed by atoms with Gasteiger partial charge in [0.1, 0.15) is 19.0 Å². The number of carbonyl (C=O) groups excluding carboxylic acids is 2. The first kappa shape index (κ1) is 24.3. The summed E-state index contributed by atoms with van der Waals surface area (Å²) in [6.45, 7) is 5.63. The molecule has 0 aliphatic carbocycles. The number of hydrogen-bond acceptors (Lipinski definition) is 6. The smallest absolute Gasteiger partial charge is 0.260 e. The van der Waals surface area contributed by atoms with E-state index in [-0.39, 0.29) is 18.4 Å². The zero-order chi connectivity index (χ0) is 23.6. The second kappa shape index (κ2) is 12.0. The third kappa shape index (κ3) is 6.79. The standard InChI is InChI=1S/C25H31N3O5/c1-3-23(26-33-17-21-7-5-4-6-19(21)2)20-8-10-22(11-9-20)32-18-25(31)28-14-12-27(13-15-28)24(30)16-29/h4-11,29H,3,12-18H2,1-2H3. The molecule has 33 heavy (non-hydrogen) atoms. The SMILES string of the molecule is CCC(=NOCc1ccccc1C)c1ccc(OCC(=O)N2CCN(C(=O)CO)CC2)cc1. The molecule has 1 aliphatic heterocycles. The van der Waals surface area contributed by atoms with E-state index in [9.17, 15) is 9.59 Å². The molecular weight excluding hydrogens is 422 g/mol. The maximum Gasteiger partial charge on any atom is 0.260 e. The molecule has 1 saturated heterocycles. The number of rotatable bonds is 9. The Morgan fingerprint density at radius 2 is 1.61 bits per heavy atom. The van der Waals surface area contributed by atoms with Crippen LogP contribution in [-0.4, -0.2) is 71.8 Å². The summed E-state index contributed by atoms with van der Waals surface area (Å²) in [5.41, 5.74) is 4.04. The summed E-state index contributed by atoms with van der Waals surface area (Å²) in [6.07, 6.45) is 0.719. The van der Waals surface area contributed by atoms with Crippen LogP contribution in [0.4, 0.5) is 0 Å². The monoisotopic (exact) mass is 453 g/mol. The van der Waals surface area contributed by atoms with Crippen LogP contribution in [0.5, 0.6) is 5.75 Å². The van der Waals surface area contributed by atoms with Gasteiger partial charge < -0.3 is 24.5 Å². The van der Waals surface area contributed by atoms with E-state index in [0.29, 0.717) is 38.5 Å². The maximum atomic E-state index is 12.4. The Bertz CT molecular complexity index is 966. The number of nitrogens with zero attached hydrogens (tertiary/aromatic N) is 3. The molecule has 3 rings (SSSR count). The summed E-state index contributed by atoms with van der Waals surface area (Å²) >= 11 is 0. The first-order valence-corrected chi connectivity index (χ1v) is 11.1. The van der Waals surface area contributed by atoms with E-state index >= 15 is 0 Å². The van der Waals surface area contributed by atoms with Crippen LogP contribution in [0.15, 0.2) is 53.7 Å². The number of aliphatic hydroxyl groups excluding tert-OH is 1. The van der Waals surface area contributed by atoms with Crippen LogP contribution in [0, 0.1) is 6.92 Å². The first-order valence-electron chi connectivity index (χ1n) is 11.1. The fourth-order valence-electron chi connectivity index (χ4n) is 3.56. The number of benzene rings is 2. The van der Waals surface area contributed by atoms with E-state index in [4.69, 9.17) is 14.7 Å². The van der Waals surface area contributed by atoms with Crippen molar-refractivity contribution in [3.8, 4) is 5.75 Å². The highest BCUT2D eigenvalue weighted by Gasteiger charge is 2.23. The highest BCUT2D eigenvalue weighted by atomic mass is 16.6. The van der Waals surface area contributed by atoms with Crippen LogP contribution in [0.25, 0.3) is 0 Å². The van der Waals surface area contributed by atoms with Gasteiger partial charge in [-0.05, 0) is 54.3 Å². The molecule has 8 nitrogen and oxygen atoms in total. The van der Waals surface area contributed by atoms with Crippen LogP contribution >= 0.6 is 0 Å². The van der Waals surface area contributed by atoms with Gasteiger partial charge in [-0.3, -0.25) is 9.59 Å². The third-order valence-electron chi connectivity index (χ3n) is 5.66. The van der Waals surface area contributed by atoms with Gasteiger partial charge >= 0.3 is 0 Å². The van der Waals surface area contributed by atoms with Gasteiger partial charge in [-0.15, -0.1) is 0 Å². The molecule has 2 amide bonds. The molecule has 8 heteroatoms. The number of aliphatic hydroxyl groups is 1. The van der Waals surface area contributed by atoms with Crippen LogP contribution in [0.1, 0.15) is 30.0 Å². The summed E-state index contributed by atoms with van der Waals surface area (Å²) in [6, 6.07) is 15.5. The minimum atomic E-state index is -0.504. The number of hydrogen-bond donors (Lipinski definition) is 1. The Morgan fingerprint density at radius 3 is 2.21 bits per heavy atom. The predicted octanol–water partition coefficient (Wildman–Crippen LogP) is 2.37. The van der Waals surface area contributed by atoms with Crippen molar-refractivity contribution >= 4 is 17.5 Å². The van der Waals surface area contributed by atoms with Gasteiger partial charge in [-0.2, -0.15) is 0 Å². The summed E-state index contributed by atoms with van der Waals surface area (Å²) < 4.78 is 5.65. The van der Waals surface area contributed by atoms with Crippen molar-refractivity contribution in [1.29, 1.82) is 0 Å². The van der Waals surface area contributed by atoms with E-state index in [1.807, 2.05) is 62.4 Å². The molecule has 1 fully saturated rings. The molecule has 0 atom stereocenters. The molecule has 0 saturated carbocycles. The molecule has 2 aromatic carbocycles. The van der Waals surface area contributed by atoms with Crippen molar-refractivity contribution in [2.24, 2.45) is 5.16 Å². The maximum absolute atomic E-state index is 12.4. The Labute approximate surface area is 194 Å². The lowest BCUT2D eigenvalue weighted by Gasteiger charge is -2.34. The average Bonchev–Trinajstić information content (AvgIpc) is 2.86. The van der Waals surface area contributed by atoms with Crippen LogP contribution in [0.3, 0.4) is 0 Å². The lowest BCUT2D eigenvalue weighted by atomic mass is 10.1. The molecule has 1 heterocycles. The van der Waals surface area contributed by atoms with Gasteiger partial charge in [0.25, 0.3) is 5.91 Å². The van der Waals surface area contributed by atoms with Crippen molar-refractivity contribution in [3.63, 3.8) is 0 Å². The molecule has 0 unspecified atom stereocenters. The van der Waals surface area contributed by atoms with Crippen molar-refractivity contribution in [2.75, 3.05) is 39.4 Å². The fraction of sp³-hybridized carbons (Fsp3) is 0.400. The molecule has 0 spiro atoms. The fourth-order valence-corrected chi connectivity index (χ4v) is 3.56. The summed E-state index contributed by atoms with van der Waals surface area (Å²) in [7, 11) is 0. The van der Waals surface area contributed by atoms with E-state index in [1.54, 1.807) is 9.80 Å². The molecule has 176 valence electrons. The van der Waals surface area contributed by atoms with E-state index < -0.39 is 6.61 Å². The number of piperazine rings is 1. The van der Waals surface area contributed by atoms with Gasteiger partial charge in [0, 0.05) is 26.2 Å². The summed E-state index contributed by atoms with van der Waals surface area (Å²) in [4.78, 5) is 32.7. The van der Waals surface area contributed by atoms with Crippen molar-refractivity contribution in [3.05, 3.63) is 65.2 Å². The number of aryl methyl sites for hydroxylation is 1. The van der Waals surface area contributed by atoms with Gasteiger partial charge in [0.05, 0.1) is 5.71 Å². The first-order chi connectivity index (χ1) is 16.0. The normalized spacial score (nSPS) is 14.2. The van der Waals surface area contributed by atoms with Crippen LogP contribution < -0.4 is 4.74 Å². The topological polar surface area (TPSA) is 91.7 Å².